The number of allylic oxidation sites excluding steroid dienone is 2. The smallest absolute Gasteiger partial charge is 0.308 e. The van der Waals surface area contributed by atoms with Crippen molar-refractivity contribution in [2.45, 2.75) is 104 Å². The van der Waals surface area contributed by atoms with Crippen molar-refractivity contribution in [2.24, 2.45) is 29.6 Å². The van der Waals surface area contributed by atoms with Crippen molar-refractivity contribution in [3.8, 4) is 6.07 Å². The summed E-state index contributed by atoms with van der Waals surface area (Å²) in [5.41, 5.74) is 0.376. The van der Waals surface area contributed by atoms with Crippen molar-refractivity contribution in [3.05, 3.63) is 23.8 Å². The van der Waals surface area contributed by atoms with Crippen LogP contribution in [0.1, 0.15) is 85.5 Å². The molecular weight excluding hydrogens is 402 g/mol. The van der Waals surface area contributed by atoms with Crippen LogP contribution < -0.4 is 0 Å². The fourth-order valence-electron chi connectivity index (χ4n) is 5.58. The van der Waals surface area contributed by atoms with Gasteiger partial charge in [-0.05, 0) is 67.8 Å². The Labute approximate surface area is 194 Å². The molecule has 0 aromatic rings. The molecule has 7 atom stereocenters. The highest BCUT2D eigenvalue weighted by molar-refractivity contribution is 5.70. The molecule has 7 unspecified atom stereocenters. The Bertz CT molecular complexity index is 688. The molecule has 0 saturated heterocycles. The standard InChI is InChI=1S/C27H43NO4/c1-18-13-19(2)15-21(4)27(31)23(17-28)11-7-8-12-25(22-9-5-6-10-22)32-26(30)16-24(29)20(3)14-18/h7-8,11,18-22,24-25,27,29,31H,5-6,9-10,12-16H2,1-4H3. The first-order valence-electron chi connectivity index (χ1n) is 12.5. The van der Waals surface area contributed by atoms with E-state index in [1.54, 1.807) is 12.2 Å². The Hall–Kier alpha value is -1.64. The van der Waals surface area contributed by atoms with E-state index in [9.17, 15) is 20.3 Å². The summed E-state index contributed by atoms with van der Waals surface area (Å²) in [6.07, 6.45) is 11.4. The minimum absolute atomic E-state index is 0.00871. The van der Waals surface area contributed by atoms with Gasteiger partial charge in [-0.25, -0.2) is 0 Å². The molecule has 2 N–H and O–H groups in total. The van der Waals surface area contributed by atoms with Gasteiger partial charge < -0.3 is 14.9 Å². The minimum Gasteiger partial charge on any atom is -0.462 e. The maximum absolute atomic E-state index is 12.6. The molecule has 1 saturated carbocycles. The third-order valence-electron chi connectivity index (χ3n) is 7.36. The zero-order chi connectivity index (χ0) is 23.7. The van der Waals surface area contributed by atoms with Crippen LogP contribution in [0.3, 0.4) is 0 Å². The Morgan fingerprint density at radius 3 is 2.25 bits per heavy atom. The van der Waals surface area contributed by atoms with Gasteiger partial charge in [0.05, 0.1) is 30.3 Å². The number of nitrogens with zero attached hydrogens (tertiary/aromatic N) is 1. The van der Waals surface area contributed by atoms with Gasteiger partial charge in [0.2, 0.25) is 0 Å². The lowest BCUT2D eigenvalue weighted by molar-refractivity contribution is -0.154. The largest absolute Gasteiger partial charge is 0.462 e. The van der Waals surface area contributed by atoms with Crippen LogP contribution in [0.5, 0.6) is 0 Å². The van der Waals surface area contributed by atoms with Crippen molar-refractivity contribution >= 4 is 5.97 Å². The molecule has 5 heteroatoms. The predicted octanol–water partition coefficient (Wildman–Crippen LogP) is 5.32. The summed E-state index contributed by atoms with van der Waals surface area (Å²) in [5, 5.41) is 30.9. The molecule has 0 spiro atoms. The molecule has 2 rings (SSSR count). The molecule has 0 bridgehead atoms. The number of aliphatic hydroxyl groups excluding tert-OH is 2. The molecule has 32 heavy (non-hydrogen) atoms. The van der Waals surface area contributed by atoms with Crippen LogP contribution in [0.2, 0.25) is 0 Å². The van der Waals surface area contributed by atoms with Crippen molar-refractivity contribution in [1.82, 2.24) is 0 Å². The van der Waals surface area contributed by atoms with Crippen LogP contribution in [-0.4, -0.2) is 34.5 Å². The maximum atomic E-state index is 12.6. The lowest BCUT2D eigenvalue weighted by Gasteiger charge is -2.27. The van der Waals surface area contributed by atoms with E-state index in [0.717, 1.165) is 44.9 Å². The number of cyclic esters (lactones) is 1. The predicted molar refractivity (Wildman–Crippen MR) is 126 cm³/mol. The lowest BCUT2D eigenvalue weighted by atomic mass is 9.82. The minimum atomic E-state index is -0.787. The van der Waals surface area contributed by atoms with E-state index in [-0.39, 0.29) is 30.3 Å². The van der Waals surface area contributed by atoms with Gasteiger partial charge in [0.25, 0.3) is 0 Å². The maximum Gasteiger partial charge on any atom is 0.308 e. The van der Waals surface area contributed by atoms with Crippen LogP contribution in [0.4, 0.5) is 0 Å². The van der Waals surface area contributed by atoms with Crippen molar-refractivity contribution in [3.63, 3.8) is 0 Å². The molecule has 180 valence electrons. The third kappa shape index (κ3) is 8.37. The third-order valence-corrected chi connectivity index (χ3v) is 7.36. The van der Waals surface area contributed by atoms with E-state index >= 15 is 0 Å². The summed E-state index contributed by atoms with van der Waals surface area (Å²) in [5.74, 6) is 0.819. The zero-order valence-electron chi connectivity index (χ0n) is 20.4. The van der Waals surface area contributed by atoms with Crippen LogP contribution in [0.25, 0.3) is 0 Å². The summed E-state index contributed by atoms with van der Waals surface area (Å²) in [4.78, 5) is 12.6. The number of rotatable bonds is 1. The monoisotopic (exact) mass is 445 g/mol. The summed E-state index contributed by atoms with van der Waals surface area (Å²) in [6.45, 7) is 8.36. The average Bonchev–Trinajstić information content (AvgIpc) is 3.26. The second-order valence-corrected chi connectivity index (χ2v) is 10.6. The second-order valence-electron chi connectivity index (χ2n) is 10.6. The molecule has 1 aliphatic carbocycles. The number of carbonyl (C=O) groups excluding carboxylic acids is 1. The Kier molecular flexibility index (Phi) is 10.9. The first-order chi connectivity index (χ1) is 15.2. The fraction of sp³-hybridized carbons (Fsp3) is 0.778. The van der Waals surface area contributed by atoms with E-state index in [1.165, 1.54) is 0 Å². The molecule has 5 nitrogen and oxygen atoms in total. The molecule has 0 aromatic heterocycles. The Balaban J connectivity index is 2.22. The van der Waals surface area contributed by atoms with E-state index in [4.69, 9.17) is 4.74 Å². The summed E-state index contributed by atoms with van der Waals surface area (Å²) in [6, 6.07) is 2.16. The Morgan fingerprint density at radius 1 is 1.00 bits per heavy atom. The van der Waals surface area contributed by atoms with Gasteiger partial charge in [0.15, 0.2) is 0 Å². The normalized spacial score (nSPS) is 37.1. The van der Waals surface area contributed by atoms with Crippen molar-refractivity contribution < 1.29 is 19.7 Å². The number of ether oxygens (including phenoxy) is 1. The molecule has 0 radical (unpaired) electrons. The SMILES string of the molecule is CC1CC(C)CC(C)C(O)C(C#N)=CC=CCC(C2CCCC2)OC(=O)CC(O)C(C)C1. The Morgan fingerprint density at radius 2 is 1.62 bits per heavy atom. The number of nitriles is 1. The van der Waals surface area contributed by atoms with Crippen molar-refractivity contribution in [1.29, 1.82) is 5.26 Å². The fourth-order valence-corrected chi connectivity index (χ4v) is 5.58. The molecule has 1 fully saturated rings. The number of aliphatic hydroxyl groups is 2. The first-order valence-corrected chi connectivity index (χ1v) is 12.5. The van der Waals surface area contributed by atoms with Crippen LogP contribution in [-0.2, 0) is 9.53 Å². The van der Waals surface area contributed by atoms with Crippen LogP contribution in [0.15, 0.2) is 23.8 Å². The van der Waals surface area contributed by atoms with E-state index < -0.39 is 12.2 Å². The van der Waals surface area contributed by atoms with E-state index in [0.29, 0.717) is 29.7 Å². The highest BCUT2D eigenvalue weighted by Gasteiger charge is 2.29. The summed E-state index contributed by atoms with van der Waals surface area (Å²) in [7, 11) is 0. The van der Waals surface area contributed by atoms with Gasteiger partial charge in [0, 0.05) is 6.42 Å². The van der Waals surface area contributed by atoms with Gasteiger partial charge in [-0.3, -0.25) is 4.79 Å². The summed E-state index contributed by atoms with van der Waals surface area (Å²) >= 11 is 0. The van der Waals surface area contributed by atoms with Gasteiger partial charge >= 0.3 is 5.97 Å². The van der Waals surface area contributed by atoms with Gasteiger partial charge in [-0.2, -0.15) is 5.26 Å². The van der Waals surface area contributed by atoms with Crippen LogP contribution in [0, 0.1) is 40.9 Å². The molecule has 2 aliphatic rings. The van der Waals surface area contributed by atoms with E-state index in [2.05, 4.69) is 19.9 Å². The molecule has 1 aliphatic heterocycles. The van der Waals surface area contributed by atoms with E-state index in [1.807, 2.05) is 19.9 Å². The number of hydrogen-bond donors (Lipinski definition) is 2. The van der Waals surface area contributed by atoms with Gasteiger partial charge in [-0.15, -0.1) is 0 Å². The molecular formula is C27H43NO4. The molecule has 0 aromatic carbocycles. The topological polar surface area (TPSA) is 90.5 Å². The highest BCUT2D eigenvalue weighted by atomic mass is 16.5. The zero-order valence-corrected chi connectivity index (χ0v) is 20.4. The van der Waals surface area contributed by atoms with Gasteiger partial charge in [0.1, 0.15) is 6.10 Å². The number of carbonyl (C=O) groups is 1. The number of esters is 1. The first kappa shape index (κ1) is 26.6. The second kappa shape index (κ2) is 13.2. The average molecular weight is 446 g/mol. The van der Waals surface area contributed by atoms with Crippen molar-refractivity contribution in [2.75, 3.05) is 0 Å². The lowest BCUT2D eigenvalue weighted by Crippen LogP contribution is -2.29. The summed E-state index contributed by atoms with van der Waals surface area (Å²) < 4.78 is 5.85. The quantitative estimate of drug-likeness (QED) is 0.533. The molecule has 0 amide bonds. The molecule has 1 heterocycles. The van der Waals surface area contributed by atoms with Crippen LogP contribution >= 0.6 is 0 Å². The van der Waals surface area contributed by atoms with Gasteiger partial charge in [-0.1, -0.05) is 52.7 Å². The number of hydrogen-bond acceptors (Lipinski definition) is 5. The highest BCUT2D eigenvalue weighted by Crippen LogP contribution is 2.32.